The van der Waals surface area contributed by atoms with Gasteiger partial charge in [0.15, 0.2) is 5.69 Å². The molecule has 2 N–H and O–H groups in total. The third-order valence-corrected chi connectivity index (χ3v) is 4.54. The minimum atomic E-state index is -4.91. The van der Waals surface area contributed by atoms with Crippen molar-refractivity contribution >= 4 is 17.6 Å². The van der Waals surface area contributed by atoms with Crippen molar-refractivity contribution in [3.63, 3.8) is 0 Å². The first-order valence-corrected chi connectivity index (χ1v) is 8.36. The summed E-state index contributed by atoms with van der Waals surface area (Å²) < 4.78 is 40.5. The van der Waals surface area contributed by atoms with E-state index in [1.54, 1.807) is 13.0 Å². The number of amides is 1. The van der Waals surface area contributed by atoms with Gasteiger partial charge in [0.25, 0.3) is 0 Å². The third-order valence-electron chi connectivity index (χ3n) is 4.54. The molecule has 1 heterocycles. The second-order valence-corrected chi connectivity index (χ2v) is 6.34. The first-order chi connectivity index (χ1) is 12.6. The quantitative estimate of drug-likeness (QED) is 0.783. The van der Waals surface area contributed by atoms with Crippen LogP contribution in [0.25, 0.3) is 5.69 Å². The summed E-state index contributed by atoms with van der Waals surface area (Å²) in [6.07, 6.45) is -3.44. The number of alkyl halides is 3. The fourth-order valence-electron chi connectivity index (χ4n) is 2.56. The van der Waals surface area contributed by atoms with Gasteiger partial charge in [-0.1, -0.05) is 33.3 Å². The van der Waals surface area contributed by atoms with E-state index in [0.717, 1.165) is 6.42 Å². The van der Waals surface area contributed by atoms with Gasteiger partial charge in [-0.3, -0.25) is 4.79 Å². The molecule has 9 heteroatoms. The smallest absolute Gasteiger partial charge is 0.434 e. The van der Waals surface area contributed by atoms with Gasteiger partial charge in [0.2, 0.25) is 5.91 Å². The topological polar surface area (TPSA) is 84.2 Å². The highest BCUT2D eigenvalue weighted by Gasteiger charge is 2.40. The number of carboxylic acids is 1. The van der Waals surface area contributed by atoms with Crippen LogP contribution in [0.4, 0.5) is 18.9 Å². The summed E-state index contributed by atoms with van der Waals surface area (Å²) in [6, 6.07) is 5.66. The molecule has 1 aromatic carbocycles. The van der Waals surface area contributed by atoms with Crippen molar-refractivity contribution in [1.29, 1.82) is 0 Å². The molecule has 1 amide bonds. The van der Waals surface area contributed by atoms with Gasteiger partial charge < -0.3 is 10.4 Å². The van der Waals surface area contributed by atoms with Crippen molar-refractivity contribution in [2.75, 3.05) is 5.32 Å². The molecule has 2 atom stereocenters. The maximum Gasteiger partial charge on any atom is 0.434 e. The van der Waals surface area contributed by atoms with E-state index < -0.39 is 23.4 Å². The lowest BCUT2D eigenvalue weighted by Gasteiger charge is -2.18. The third kappa shape index (κ3) is 4.47. The molecule has 0 saturated carbocycles. The SMILES string of the molecule is CCC(C)C(C)C(=O)Nc1cccc(-n2ncc(C(=O)O)c2C(F)(F)F)c1. The first-order valence-electron chi connectivity index (χ1n) is 8.36. The van der Waals surface area contributed by atoms with Gasteiger partial charge in [-0.2, -0.15) is 18.3 Å². The number of carboxylic acid groups (broad SMARTS) is 1. The number of carbonyl (C=O) groups is 2. The van der Waals surface area contributed by atoms with Crippen molar-refractivity contribution in [2.24, 2.45) is 11.8 Å². The van der Waals surface area contributed by atoms with Crippen LogP contribution in [0, 0.1) is 11.8 Å². The fraction of sp³-hybridized carbons (Fsp3) is 0.389. The van der Waals surface area contributed by atoms with Gasteiger partial charge in [0.05, 0.1) is 11.9 Å². The van der Waals surface area contributed by atoms with Crippen LogP contribution < -0.4 is 5.32 Å². The molecule has 0 fully saturated rings. The normalized spacial score (nSPS) is 13.9. The van der Waals surface area contributed by atoms with Gasteiger partial charge in [0.1, 0.15) is 5.56 Å². The molecule has 0 bridgehead atoms. The van der Waals surface area contributed by atoms with Crippen LogP contribution >= 0.6 is 0 Å². The van der Waals surface area contributed by atoms with Crippen molar-refractivity contribution in [2.45, 2.75) is 33.4 Å². The molecule has 0 radical (unpaired) electrons. The van der Waals surface area contributed by atoms with Crippen LogP contribution in [-0.4, -0.2) is 26.8 Å². The monoisotopic (exact) mass is 383 g/mol. The summed E-state index contributed by atoms with van der Waals surface area (Å²) in [7, 11) is 0. The van der Waals surface area contributed by atoms with E-state index >= 15 is 0 Å². The average molecular weight is 383 g/mol. The molecule has 0 aliphatic rings. The maximum atomic E-state index is 13.3. The Hall–Kier alpha value is -2.84. The molecule has 0 saturated heterocycles. The van der Waals surface area contributed by atoms with E-state index in [-0.39, 0.29) is 23.4 Å². The Bertz CT molecular complexity index is 846. The number of aromatic nitrogens is 2. The van der Waals surface area contributed by atoms with Crippen molar-refractivity contribution in [3.8, 4) is 5.69 Å². The Morgan fingerprint density at radius 1 is 1.30 bits per heavy atom. The summed E-state index contributed by atoms with van der Waals surface area (Å²) in [5.41, 5.74) is -2.04. The Kier molecular flexibility index (Phi) is 5.92. The fourth-order valence-corrected chi connectivity index (χ4v) is 2.56. The molecule has 27 heavy (non-hydrogen) atoms. The van der Waals surface area contributed by atoms with Gasteiger partial charge in [0, 0.05) is 11.6 Å². The van der Waals surface area contributed by atoms with E-state index in [4.69, 9.17) is 5.11 Å². The molecule has 146 valence electrons. The maximum absolute atomic E-state index is 13.3. The lowest BCUT2D eigenvalue weighted by molar-refractivity contribution is -0.143. The molecule has 2 unspecified atom stereocenters. The first kappa shape index (κ1) is 20.5. The number of rotatable bonds is 6. The largest absolute Gasteiger partial charge is 0.478 e. The highest BCUT2D eigenvalue weighted by atomic mass is 19.4. The summed E-state index contributed by atoms with van der Waals surface area (Å²) in [5, 5.41) is 15.2. The highest BCUT2D eigenvalue weighted by molar-refractivity contribution is 5.93. The van der Waals surface area contributed by atoms with Gasteiger partial charge in [-0.15, -0.1) is 0 Å². The van der Waals surface area contributed by atoms with Crippen LogP contribution in [0.2, 0.25) is 0 Å². The second-order valence-electron chi connectivity index (χ2n) is 6.34. The molecule has 6 nitrogen and oxygen atoms in total. The second kappa shape index (κ2) is 7.81. The van der Waals surface area contributed by atoms with E-state index in [9.17, 15) is 22.8 Å². The number of carbonyl (C=O) groups excluding carboxylic acids is 1. The van der Waals surface area contributed by atoms with E-state index in [1.807, 2.05) is 13.8 Å². The van der Waals surface area contributed by atoms with Crippen LogP contribution in [0.1, 0.15) is 43.2 Å². The molecule has 1 aromatic heterocycles. The molecular formula is C18H20F3N3O3. The van der Waals surface area contributed by atoms with Crippen molar-refractivity contribution < 1.29 is 27.9 Å². The van der Waals surface area contributed by atoms with Gasteiger partial charge in [-0.05, 0) is 24.1 Å². The number of benzene rings is 1. The minimum absolute atomic E-state index is 0.0104. The Balaban J connectivity index is 2.39. The Labute approximate surface area is 154 Å². The molecule has 0 aliphatic carbocycles. The predicted molar refractivity (Wildman–Crippen MR) is 92.8 cm³/mol. The van der Waals surface area contributed by atoms with Crippen LogP contribution in [0.3, 0.4) is 0 Å². The molecule has 2 aromatic rings. The lowest BCUT2D eigenvalue weighted by Crippen LogP contribution is -2.25. The summed E-state index contributed by atoms with van der Waals surface area (Å²) in [5.74, 6) is -2.09. The number of anilines is 1. The molecule has 0 spiro atoms. The van der Waals surface area contributed by atoms with Crippen molar-refractivity contribution in [3.05, 3.63) is 41.7 Å². The summed E-state index contributed by atoms with van der Waals surface area (Å²) in [6.45, 7) is 5.68. The predicted octanol–water partition coefficient (Wildman–Crippen LogP) is 4.21. The Morgan fingerprint density at radius 3 is 2.52 bits per heavy atom. The highest BCUT2D eigenvalue weighted by Crippen LogP contribution is 2.34. The van der Waals surface area contributed by atoms with Gasteiger partial charge >= 0.3 is 12.1 Å². The molecule has 2 rings (SSSR count). The summed E-state index contributed by atoms with van der Waals surface area (Å²) in [4.78, 5) is 23.4. The van der Waals surface area contributed by atoms with Gasteiger partial charge in [-0.25, -0.2) is 9.48 Å². The number of aromatic carboxylic acids is 1. The number of hydrogen-bond acceptors (Lipinski definition) is 3. The van der Waals surface area contributed by atoms with Crippen molar-refractivity contribution in [1.82, 2.24) is 9.78 Å². The number of nitrogens with one attached hydrogen (secondary N) is 1. The van der Waals surface area contributed by atoms with E-state index in [1.165, 1.54) is 18.2 Å². The number of halogens is 3. The van der Waals surface area contributed by atoms with E-state index in [0.29, 0.717) is 16.6 Å². The zero-order valence-corrected chi connectivity index (χ0v) is 15.0. The van der Waals surface area contributed by atoms with E-state index in [2.05, 4.69) is 10.4 Å². The molecular weight excluding hydrogens is 363 g/mol. The van der Waals surface area contributed by atoms with Crippen LogP contribution in [-0.2, 0) is 11.0 Å². The molecule has 0 aliphatic heterocycles. The number of nitrogens with zero attached hydrogens (tertiary/aromatic N) is 2. The van der Waals surface area contributed by atoms with Crippen LogP contribution in [0.5, 0.6) is 0 Å². The lowest BCUT2D eigenvalue weighted by atomic mass is 9.93. The van der Waals surface area contributed by atoms with Crippen LogP contribution in [0.15, 0.2) is 30.5 Å². The Morgan fingerprint density at radius 2 is 1.96 bits per heavy atom. The minimum Gasteiger partial charge on any atom is -0.478 e. The standard InChI is InChI=1S/C18H20F3N3O3/c1-4-10(2)11(3)16(25)23-12-6-5-7-13(8-12)24-15(18(19,20)21)14(9-22-24)17(26)27/h5-11H,4H2,1-3H3,(H,23,25)(H,26,27). The zero-order valence-electron chi connectivity index (χ0n) is 15.0. The summed E-state index contributed by atoms with van der Waals surface area (Å²) >= 11 is 0. The average Bonchev–Trinajstić information content (AvgIpc) is 3.06. The zero-order chi connectivity index (χ0) is 20.4. The number of hydrogen-bond donors (Lipinski definition) is 2.